The molecular weight excluding hydrogens is 238 g/mol. The molecule has 0 aliphatic heterocycles. The summed E-state index contributed by atoms with van der Waals surface area (Å²) in [5.41, 5.74) is 6.56. The molecule has 0 aliphatic carbocycles. The summed E-state index contributed by atoms with van der Waals surface area (Å²) in [5, 5.41) is 0.607. The van der Waals surface area contributed by atoms with Crippen molar-refractivity contribution in [3.8, 4) is 5.75 Å². The smallest absolute Gasteiger partial charge is 0.137 e. The number of nitrogens with two attached hydrogens (primary N) is 1. The van der Waals surface area contributed by atoms with Crippen molar-refractivity contribution in [1.29, 1.82) is 0 Å². The molecule has 1 aromatic heterocycles. The van der Waals surface area contributed by atoms with E-state index in [1.165, 1.54) is 0 Å². The van der Waals surface area contributed by atoms with Crippen LogP contribution in [0.15, 0.2) is 34.7 Å². The molecule has 0 unspecified atom stereocenters. The summed E-state index contributed by atoms with van der Waals surface area (Å²) in [6.07, 6.45) is 0.698. The van der Waals surface area contributed by atoms with E-state index in [1.807, 2.05) is 30.3 Å². The molecule has 2 N–H and O–H groups in total. The Hall–Kier alpha value is -1.45. The van der Waals surface area contributed by atoms with Crippen molar-refractivity contribution in [1.82, 2.24) is 0 Å². The van der Waals surface area contributed by atoms with Crippen LogP contribution in [0.25, 0.3) is 0 Å². The Kier molecular flexibility index (Phi) is 3.71. The molecule has 90 valence electrons. The van der Waals surface area contributed by atoms with Crippen molar-refractivity contribution in [2.75, 3.05) is 7.11 Å². The lowest BCUT2D eigenvalue weighted by molar-refractivity contribution is 0.415. The molecular formula is C13H14ClNO2. The number of methoxy groups -OCH3 is 1. The van der Waals surface area contributed by atoms with Gasteiger partial charge in [-0.1, -0.05) is 17.7 Å². The van der Waals surface area contributed by atoms with Crippen LogP contribution in [0.5, 0.6) is 5.75 Å². The van der Waals surface area contributed by atoms with Gasteiger partial charge in [0.05, 0.1) is 18.7 Å². The fourth-order valence-electron chi connectivity index (χ4n) is 1.65. The summed E-state index contributed by atoms with van der Waals surface area (Å²) in [6, 6.07) is 9.52. The van der Waals surface area contributed by atoms with Gasteiger partial charge in [0.1, 0.15) is 17.3 Å². The lowest BCUT2D eigenvalue weighted by atomic mass is 10.1. The molecule has 17 heavy (non-hydrogen) atoms. The highest BCUT2D eigenvalue weighted by molar-refractivity contribution is 6.32. The molecule has 0 bridgehead atoms. The standard InChI is InChI=1S/C13H14ClNO2/c1-16-13-5-2-9(7-12(13)14)6-10-3-4-11(8-15)17-10/h2-5,7H,6,8,15H2,1H3. The molecule has 0 aliphatic rings. The molecule has 1 heterocycles. The number of hydrogen-bond acceptors (Lipinski definition) is 3. The highest BCUT2D eigenvalue weighted by Gasteiger charge is 2.05. The van der Waals surface area contributed by atoms with Gasteiger partial charge >= 0.3 is 0 Å². The van der Waals surface area contributed by atoms with Crippen molar-refractivity contribution < 1.29 is 9.15 Å². The predicted molar refractivity (Wildman–Crippen MR) is 67.4 cm³/mol. The van der Waals surface area contributed by atoms with Gasteiger partial charge in [0.25, 0.3) is 0 Å². The molecule has 0 radical (unpaired) electrons. The van der Waals surface area contributed by atoms with E-state index in [0.29, 0.717) is 23.7 Å². The molecule has 0 saturated carbocycles. The zero-order valence-electron chi connectivity index (χ0n) is 9.57. The van der Waals surface area contributed by atoms with Gasteiger partial charge in [-0.3, -0.25) is 0 Å². The molecule has 2 aromatic rings. The van der Waals surface area contributed by atoms with Gasteiger partial charge in [0, 0.05) is 6.42 Å². The Morgan fingerprint density at radius 3 is 2.59 bits per heavy atom. The average Bonchev–Trinajstić information content (AvgIpc) is 2.77. The highest BCUT2D eigenvalue weighted by Crippen LogP contribution is 2.26. The minimum absolute atomic E-state index is 0.420. The molecule has 0 saturated heterocycles. The second-order valence-electron chi connectivity index (χ2n) is 3.72. The van der Waals surface area contributed by atoms with Crippen molar-refractivity contribution in [2.45, 2.75) is 13.0 Å². The van der Waals surface area contributed by atoms with Crippen LogP contribution < -0.4 is 10.5 Å². The summed E-state index contributed by atoms with van der Waals surface area (Å²) in [5.74, 6) is 2.35. The Balaban J connectivity index is 2.15. The number of ether oxygens (including phenoxy) is 1. The molecule has 0 atom stereocenters. The monoisotopic (exact) mass is 251 g/mol. The quantitative estimate of drug-likeness (QED) is 0.909. The summed E-state index contributed by atoms with van der Waals surface area (Å²) in [4.78, 5) is 0. The van der Waals surface area contributed by atoms with E-state index < -0.39 is 0 Å². The maximum Gasteiger partial charge on any atom is 0.137 e. The molecule has 0 amide bonds. The van der Waals surface area contributed by atoms with Crippen LogP contribution in [0.2, 0.25) is 5.02 Å². The molecule has 0 fully saturated rings. The van der Waals surface area contributed by atoms with E-state index >= 15 is 0 Å². The van der Waals surface area contributed by atoms with E-state index in [1.54, 1.807) is 7.11 Å². The van der Waals surface area contributed by atoms with Gasteiger partial charge in [-0.25, -0.2) is 0 Å². The molecule has 3 nitrogen and oxygen atoms in total. The Morgan fingerprint density at radius 2 is 2.00 bits per heavy atom. The van der Waals surface area contributed by atoms with Crippen molar-refractivity contribution >= 4 is 11.6 Å². The van der Waals surface area contributed by atoms with Gasteiger partial charge < -0.3 is 14.9 Å². The summed E-state index contributed by atoms with van der Waals surface area (Å²) in [7, 11) is 1.60. The van der Waals surface area contributed by atoms with Crippen LogP contribution in [0, 0.1) is 0 Å². The van der Waals surface area contributed by atoms with Crippen LogP contribution >= 0.6 is 11.6 Å². The first-order valence-electron chi connectivity index (χ1n) is 5.33. The molecule has 4 heteroatoms. The van der Waals surface area contributed by atoms with Crippen LogP contribution in [0.1, 0.15) is 17.1 Å². The van der Waals surface area contributed by atoms with E-state index in [4.69, 9.17) is 26.5 Å². The largest absolute Gasteiger partial charge is 0.495 e. The average molecular weight is 252 g/mol. The van der Waals surface area contributed by atoms with Crippen molar-refractivity contribution in [3.63, 3.8) is 0 Å². The SMILES string of the molecule is COc1ccc(Cc2ccc(CN)o2)cc1Cl. The first-order valence-corrected chi connectivity index (χ1v) is 5.71. The maximum atomic E-state index is 6.05. The number of halogens is 1. The minimum atomic E-state index is 0.420. The topological polar surface area (TPSA) is 48.4 Å². The van der Waals surface area contributed by atoms with E-state index in [2.05, 4.69) is 0 Å². The van der Waals surface area contributed by atoms with Gasteiger partial charge in [0.15, 0.2) is 0 Å². The van der Waals surface area contributed by atoms with Crippen LogP contribution in [0.4, 0.5) is 0 Å². The number of hydrogen-bond donors (Lipinski definition) is 1. The predicted octanol–water partition coefficient (Wildman–Crippen LogP) is 2.99. The third kappa shape index (κ3) is 2.81. The Bertz CT molecular complexity index is 508. The van der Waals surface area contributed by atoms with Crippen LogP contribution in [0.3, 0.4) is 0 Å². The normalized spacial score (nSPS) is 10.5. The van der Waals surface area contributed by atoms with Crippen molar-refractivity contribution in [2.24, 2.45) is 5.73 Å². The van der Waals surface area contributed by atoms with E-state index in [0.717, 1.165) is 17.1 Å². The van der Waals surface area contributed by atoms with Gasteiger partial charge in [-0.15, -0.1) is 0 Å². The molecule has 0 spiro atoms. The summed E-state index contributed by atoms with van der Waals surface area (Å²) >= 11 is 6.05. The minimum Gasteiger partial charge on any atom is -0.495 e. The first kappa shape index (κ1) is 12.0. The van der Waals surface area contributed by atoms with E-state index in [9.17, 15) is 0 Å². The van der Waals surface area contributed by atoms with Gasteiger partial charge in [-0.2, -0.15) is 0 Å². The number of benzene rings is 1. The highest BCUT2D eigenvalue weighted by atomic mass is 35.5. The Morgan fingerprint density at radius 1 is 1.24 bits per heavy atom. The third-order valence-electron chi connectivity index (χ3n) is 2.51. The van der Waals surface area contributed by atoms with Crippen LogP contribution in [-0.2, 0) is 13.0 Å². The van der Waals surface area contributed by atoms with E-state index in [-0.39, 0.29) is 0 Å². The second-order valence-corrected chi connectivity index (χ2v) is 4.13. The zero-order chi connectivity index (χ0) is 12.3. The van der Waals surface area contributed by atoms with Gasteiger partial charge in [0.2, 0.25) is 0 Å². The lowest BCUT2D eigenvalue weighted by Crippen LogP contribution is -1.93. The fourth-order valence-corrected chi connectivity index (χ4v) is 1.93. The Labute approximate surface area is 105 Å². The fraction of sp³-hybridized carbons (Fsp3) is 0.231. The second kappa shape index (κ2) is 5.25. The molecule has 1 aromatic carbocycles. The van der Waals surface area contributed by atoms with Crippen LogP contribution in [-0.4, -0.2) is 7.11 Å². The lowest BCUT2D eigenvalue weighted by Gasteiger charge is -2.04. The maximum absolute atomic E-state index is 6.05. The summed E-state index contributed by atoms with van der Waals surface area (Å²) < 4.78 is 10.6. The number of furan rings is 1. The summed E-state index contributed by atoms with van der Waals surface area (Å²) in [6.45, 7) is 0.420. The molecule has 2 rings (SSSR count). The third-order valence-corrected chi connectivity index (χ3v) is 2.81. The van der Waals surface area contributed by atoms with Crippen molar-refractivity contribution in [3.05, 3.63) is 52.4 Å². The van der Waals surface area contributed by atoms with Gasteiger partial charge in [-0.05, 0) is 29.8 Å². The number of rotatable bonds is 4. The zero-order valence-corrected chi connectivity index (χ0v) is 10.3. The first-order chi connectivity index (χ1) is 8.22.